The molecule has 1 aliphatic rings. The van der Waals surface area contributed by atoms with Gasteiger partial charge in [-0.25, -0.2) is 4.79 Å². The number of aromatic carboxylic acids is 1. The lowest BCUT2D eigenvalue weighted by Crippen LogP contribution is -2.33. The van der Waals surface area contributed by atoms with E-state index in [9.17, 15) is 15.0 Å². The van der Waals surface area contributed by atoms with Crippen LogP contribution in [-0.4, -0.2) is 16.2 Å². The van der Waals surface area contributed by atoms with E-state index in [1.54, 1.807) is 6.07 Å². The van der Waals surface area contributed by atoms with Gasteiger partial charge in [-0.15, -0.1) is 0 Å². The van der Waals surface area contributed by atoms with Crippen molar-refractivity contribution in [1.82, 2.24) is 0 Å². The number of carboxylic acid groups (broad SMARTS) is 1. The molecule has 3 heteroatoms. The topological polar surface area (TPSA) is 57.5 Å². The second kappa shape index (κ2) is 6.10. The van der Waals surface area contributed by atoms with Crippen LogP contribution in [0.15, 0.2) is 48.5 Å². The Kier molecular flexibility index (Phi) is 4.04. The number of benzene rings is 3. The molecular formula is C25H26O3. The van der Waals surface area contributed by atoms with Gasteiger partial charge in [0, 0.05) is 5.39 Å². The van der Waals surface area contributed by atoms with E-state index in [0.717, 1.165) is 22.9 Å². The number of carbonyl (C=O) groups is 1. The minimum absolute atomic E-state index is 0.00354. The van der Waals surface area contributed by atoms with Gasteiger partial charge in [0.15, 0.2) is 0 Å². The molecule has 1 aliphatic carbocycles. The molecule has 0 atom stereocenters. The number of fused-ring (bicyclic) bond motifs is 2. The van der Waals surface area contributed by atoms with Gasteiger partial charge < -0.3 is 10.2 Å². The zero-order valence-corrected chi connectivity index (χ0v) is 16.8. The fraction of sp³-hybridized carbons (Fsp3) is 0.320. The van der Waals surface area contributed by atoms with Crippen molar-refractivity contribution in [2.24, 2.45) is 0 Å². The van der Waals surface area contributed by atoms with Crippen molar-refractivity contribution >= 4 is 16.7 Å². The van der Waals surface area contributed by atoms with E-state index in [4.69, 9.17) is 0 Å². The number of phenols is 1. The van der Waals surface area contributed by atoms with Crippen LogP contribution in [0, 0.1) is 0 Å². The van der Waals surface area contributed by atoms with Crippen LogP contribution in [0.5, 0.6) is 5.75 Å². The molecule has 0 heterocycles. The summed E-state index contributed by atoms with van der Waals surface area (Å²) in [5.41, 5.74) is 5.36. The first-order valence-corrected chi connectivity index (χ1v) is 9.74. The van der Waals surface area contributed by atoms with Gasteiger partial charge >= 0.3 is 5.97 Å². The summed E-state index contributed by atoms with van der Waals surface area (Å²) >= 11 is 0. The van der Waals surface area contributed by atoms with Crippen molar-refractivity contribution in [3.05, 3.63) is 65.2 Å². The Balaban J connectivity index is 1.86. The van der Waals surface area contributed by atoms with Crippen LogP contribution in [0.25, 0.3) is 21.9 Å². The fourth-order valence-corrected chi connectivity index (χ4v) is 4.41. The smallest absolute Gasteiger partial charge is 0.335 e. The molecule has 3 aromatic carbocycles. The monoisotopic (exact) mass is 374 g/mol. The lowest BCUT2D eigenvalue weighted by molar-refractivity contribution is 0.0696. The number of carboxylic acids is 1. The third-order valence-corrected chi connectivity index (χ3v) is 6.37. The second-order valence-electron chi connectivity index (χ2n) is 9.26. The lowest BCUT2D eigenvalue weighted by Gasteiger charge is -2.42. The van der Waals surface area contributed by atoms with Crippen molar-refractivity contribution in [3.8, 4) is 16.9 Å². The highest BCUT2D eigenvalue weighted by atomic mass is 16.4. The van der Waals surface area contributed by atoms with Gasteiger partial charge in [0.05, 0.1) is 5.56 Å². The SMILES string of the molecule is CC1(C)CCC(C)(C)c2cc(-c3ccc4cc(C(=O)O)cc(O)c4c3)ccc21. The molecule has 0 fully saturated rings. The van der Waals surface area contributed by atoms with E-state index in [1.165, 1.54) is 23.6 Å². The van der Waals surface area contributed by atoms with Crippen molar-refractivity contribution in [3.63, 3.8) is 0 Å². The molecule has 28 heavy (non-hydrogen) atoms. The van der Waals surface area contributed by atoms with Gasteiger partial charge in [-0.1, -0.05) is 58.0 Å². The summed E-state index contributed by atoms with van der Waals surface area (Å²) in [6.45, 7) is 9.25. The van der Waals surface area contributed by atoms with E-state index in [-0.39, 0.29) is 22.1 Å². The molecule has 0 bridgehead atoms. The first-order valence-electron chi connectivity index (χ1n) is 9.74. The summed E-state index contributed by atoms with van der Waals surface area (Å²) in [5, 5.41) is 20.9. The zero-order chi connectivity index (χ0) is 20.3. The fourth-order valence-electron chi connectivity index (χ4n) is 4.41. The molecular weight excluding hydrogens is 348 g/mol. The Morgan fingerprint density at radius 3 is 2.11 bits per heavy atom. The van der Waals surface area contributed by atoms with Crippen LogP contribution in [0.2, 0.25) is 0 Å². The van der Waals surface area contributed by atoms with Gasteiger partial charge in [0.25, 0.3) is 0 Å². The van der Waals surface area contributed by atoms with Gasteiger partial charge in [0.2, 0.25) is 0 Å². The second-order valence-corrected chi connectivity index (χ2v) is 9.26. The molecule has 0 saturated heterocycles. The molecule has 2 N–H and O–H groups in total. The first kappa shape index (κ1) is 18.5. The number of rotatable bonds is 2. The van der Waals surface area contributed by atoms with E-state index in [2.05, 4.69) is 45.9 Å². The van der Waals surface area contributed by atoms with Crippen LogP contribution in [0.1, 0.15) is 62.0 Å². The molecule has 0 saturated carbocycles. The average molecular weight is 374 g/mol. The number of hydrogen-bond acceptors (Lipinski definition) is 2. The predicted octanol–water partition coefficient (Wildman–Crippen LogP) is 6.26. The van der Waals surface area contributed by atoms with Crippen molar-refractivity contribution < 1.29 is 15.0 Å². The number of hydrogen-bond donors (Lipinski definition) is 2. The van der Waals surface area contributed by atoms with Crippen molar-refractivity contribution in [1.29, 1.82) is 0 Å². The number of phenolic OH excluding ortho intramolecular Hbond substituents is 1. The van der Waals surface area contributed by atoms with Crippen LogP contribution in [0.4, 0.5) is 0 Å². The molecule has 0 unspecified atom stereocenters. The molecule has 0 aliphatic heterocycles. The Labute approximate surface area is 165 Å². The van der Waals surface area contributed by atoms with Gasteiger partial charge in [-0.3, -0.25) is 0 Å². The molecule has 0 radical (unpaired) electrons. The summed E-state index contributed by atoms with van der Waals surface area (Å²) in [6.07, 6.45) is 2.34. The Morgan fingerprint density at radius 2 is 1.43 bits per heavy atom. The van der Waals surface area contributed by atoms with Crippen LogP contribution in [0.3, 0.4) is 0 Å². The molecule has 144 valence electrons. The quantitative estimate of drug-likeness (QED) is 0.556. The highest BCUT2D eigenvalue weighted by Gasteiger charge is 2.36. The minimum atomic E-state index is -1.04. The third-order valence-electron chi connectivity index (χ3n) is 6.37. The van der Waals surface area contributed by atoms with E-state index in [1.807, 2.05) is 18.2 Å². The summed E-state index contributed by atoms with van der Waals surface area (Å²) < 4.78 is 0. The Bertz CT molecular complexity index is 1110. The Hall–Kier alpha value is -2.81. The van der Waals surface area contributed by atoms with Crippen molar-refractivity contribution in [2.45, 2.75) is 51.4 Å². The molecule has 0 amide bonds. The summed E-state index contributed by atoms with van der Waals surface area (Å²) in [7, 11) is 0. The van der Waals surface area contributed by atoms with Crippen molar-refractivity contribution in [2.75, 3.05) is 0 Å². The standard InChI is InChI=1S/C25H26O3/c1-24(2)9-10-25(3,4)21-13-16(7-8-20(21)24)15-5-6-17-11-18(23(27)28)14-22(26)19(17)12-15/h5-8,11-14,26H,9-10H2,1-4H3,(H,27,28). The zero-order valence-electron chi connectivity index (χ0n) is 16.8. The van der Waals surface area contributed by atoms with E-state index >= 15 is 0 Å². The van der Waals surface area contributed by atoms with Gasteiger partial charge in [-0.05, 0) is 69.5 Å². The van der Waals surface area contributed by atoms with Crippen LogP contribution < -0.4 is 0 Å². The van der Waals surface area contributed by atoms with Gasteiger partial charge in [0.1, 0.15) is 5.75 Å². The predicted molar refractivity (Wildman–Crippen MR) is 113 cm³/mol. The normalized spacial score (nSPS) is 17.3. The van der Waals surface area contributed by atoms with Crippen LogP contribution in [-0.2, 0) is 10.8 Å². The summed E-state index contributed by atoms with van der Waals surface area (Å²) in [6, 6.07) is 15.4. The maximum Gasteiger partial charge on any atom is 0.335 e. The summed E-state index contributed by atoms with van der Waals surface area (Å²) in [5.74, 6) is -1.04. The maximum absolute atomic E-state index is 11.2. The molecule has 3 aromatic rings. The minimum Gasteiger partial charge on any atom is -0.507 e. The van der Waals surface area contributed by atoms with E-state index in [0.29, 0.717) is 5.39 Å². The summed E-state index contributed by atoms with van der Waals surface area (Å²) in [4.78, 5) is 11.2. The average Bonchev–Trinajstić information content (AvgIpc) is 2.65. The third kappa shape index (κ3) is 2.95. The highest BCUT2D eigenvalue weighted by Crippen LogP contribution is 2.47. The highest BCUT2D eigenvalue weighted by molar-refractivity contribution is 5.99. The van der Waals surface area contributed by atoms with Crippen LogP contribution >= 0.6 is 0 Å². The first-order chi connectivity index (χ1) is 13.1. The van der Waals surface area contributed by atoms with E-state index < -0.39 is 5.97 Å². The lowest BCUT2D eigenvalue weighted by atomic mass is 9.63. The molecule has 4 rings (SSSR count). The maximum atomic E-state index is 11.2. The van der Waals surface area contributed by atoms with Gasteiger partial charge in [-0.2, -0.15) is 0 Å². The molecule has 0 aromatic heterocycles. The molecule has 3 nitrogen and oxygen atoms in total. The largest absolute Gasteiger partial charge is 0.507 e. The molecule has 0 spiro atoms. The number of aromatic hydroxyl groups is 1. The Morgan fingerprint density at radius 1 is 0.821 bits per heavy atom.